The smallest absolute Gasteiger partial charge is 0.0582 e. The summed E-state index contributed by atoms with van der Waals surface area (Å²) in [6, 6.07) is 0. The van der Waals surface area contributed by atoms with E-state index in [0.29, 0.717) is 0 Å². The Kier molecular flexibility index (Phi) is 22.1. The van der Waals surface area contributed by atoms with E-state index in [9.17, 15) is 0 Å². The summed E-state index contributed by atoms with van der Waals surface area (Å²) in [6.45, 7) is 11.9. The van der Waals surface area contributed by atoms with Gasteiger partial charge in [-0.1, -0.05) is 45.4 Å². The normalized spacial score (nSPS) is 17.5. The van der Waals surface area contributed by atoms with Crippen molar-refractivity contribution >= 4 is 0 Å². The quantitative estimate of drug-likeness (QED) is 0.345. The van der Waals surface area contributed by atoms with Crippen LogP contribution in [0.15, 0.2) is 3.34 Å². The molecule has 0 aromatic rings. The van der Waals surface area contributed by atoms with Gasteiger partial charge in [0.05, 0.1) is 0 Å². The van der Waals surface area contributed by atoms with E-state index >= 15 is 0 Å². The second-order valence-electron chi connectivity index (χ2n) is 6.62. The van der Waals surface area contributed by atoms with E-state index in [-0.39, 0.29) is 5.54 Å². The summed E-state index contributed by atoms with van der Waals surface area (Å²) >= 11 is 1.55. The summed E-state index contributed by atoms with van der Waals surface area (Å²) in [7, 11) is 0. The molecule has 0 saturated heterocycles. The van der Waals surface area contributed by atoms with Crippen LogP contribution >= 0.6 is 0 Å². The molecule has 0 heterocycles. The second-order valence-corrected chi connectivity index (χ2v) is 7.11. The number of rotatable bonds is 2. The molecule has 2 heteroatoms. The van der Waals surface area contributed by atoms with Crippen LogP contribution in [0, 0.1) is 19.8 Å². The van der Waals surface area contributed by atoms with Gasteiger partial charge in [0.2, 0.25) is 0 Å². The first-order chi connectivity index (χ1) is 10.5. The molecule has 2 saturated carbocycles. The van der Waals surface area contributed by atoms with Crippen molar-refractivity contribution in [1.29, 1.82) is 0 Å². The molecule has 0 unspecified atom stereocenters. The van der Waals surface area contributed by atoms with Crippen LogP contribution in [-0.4, -0.2) is 5.54 Å². The fraction of sp³-hybridized carbons (Fsp3) is 0.850. The van der Waals surface area contributed by atoms with Crippen molar-refractivity contribution in [1.82, 2.24) is 0 Å². The number of nitrogens with zero attached hydrogens (tertiary/aromatic N) is 1. The van der Waals surface area contributed by atoms with Crippen LogP contribution in [0.2, 0.25) is 0 Å². The molecule has 2 aliphatic carbocycles. The average molecular weight is 387 g/mol. The van der Waals surface area contributed by atoms with E-state index in [1.807, 2.05) is 6.92 Å². The number of hydrogen-bond donors (Lipinski definition) is 0. The first-order valence-electron chi connectivity index (χ1n) is 9.32. The molecule has 133 valence electrons. The Labute approximate surface area is 154 Å². The van der Waals surface area contributed by atoms with Gasteiger partial charge < -0.3 is 19.8 Å². The van der Waals surface area contributed by atoms with Crippen LogP contribution in [0.4, 0.5) is 0 Å². The van der Waals surface area contributed by atoms with Crippen LogP contribution in [-0.2, 0) is 20.9 Å². The van der Waals surface area contributed by atoms with Gasteiger partial charge in [-0.2, -0.15) is 32.1 Å². The molecule has 0 atom stereocenters. The molecule has 0 aromatic heterocycles. The zero-order valence-electron chi connectivity index (χ0n) is 15.7. The van der Waals surface area contributed by atoms with E-state index in [0.717, 1.165) is 12.8 Å². The fourth-order valence-corrected chi connectivity index (χ4v) is 2.22. The third-order valence-corrected chi connectivity index (χ3v) is 5.10. The summed E-state index contributed by atoms with van der Waals surface area (Å²) in [6.07, 6.45) is 21.1. The van der Waals surface area contributed by atoms with Crippen LogP contribution in [0.1, 0.15) is 105 Å². The van der Waals surface area contributed by atoms with E-state index in [2.05, 4.69) is 43.9 Å². The van der Waals surface area contributed by atoms with Crippen molar-refractivity contribution in [3.8, 4) is 0 Å². The van der Waals surface area contributed by atoms with Gasteiger partial charge in [0.25, 0.3) is 0 Å². The van der Waals surface area contributed by atoms with E-state index < -0.39 is 0 Å². The minimum Gasteiger partial charge on any atom is -0.344 e. The van der Waals surface area contributed by atoms with Gasteiger partial charge in [-0.15, -0.1) is 0 Å². The van der Waals surface area contributed by atoms with Crippen molar-refractivity contribution < 1.29 is 20.9 Å². The Balaban J connectivity index is 0. The average Bonchev–Trinajstić information content (AvgIpc) is 2.60. The molecule has 0 N–H and O–H groups in total. The summed E-state index contributed by atoms with van der Waals surface area (Å²) < 4.78 is 4.19. The summed E-state index contributed by atoms with van der Waals surface area (Å²) in [5.74, 6) is 0. The molecular weight excluding hydrogens is 347 g/mol. The van der Waals surface area contributed by atoms with Crippen LogP contribution in [0.3, 0.4) is 0 Å². The topological polar surface area (TPSA) is 12.4 Å². The third-order valence-electron chi connectivity index (χ3n) is 3.77. The molecule has 0 aromatic carbocycles. The molecule has 0 amide bonds. The van der Waals surface area contributed by atoms with E-state index in [1.54, 1.807) is 20.9 Å². The summed E-state index contributed by atoms with van der Waals surface area (Å²) in [5, 5.41) is 0. The molecule has 0 radical (unpaired) electrons. The Morgan fingerprint density at radius 3 is 1.23 bits per heavy atom. The molecule has 0 bridgehead atoms. The Hall–Kier alpha value is 0.540. The fourth-order valence-electron chi connectivity index (χ4n) is 1.87. The van der Waals surface area contributed by atoms with Gasteiger partial charge in [0.1, 0.15) is 0 Å². The van der Waals surface area contributed by atoms with Crippen molar-refractivity contribution in [3.63, 3.8) is 0 Å². The maximum Gasteiger partial charge on any atom is -0.0582 e. The zero-order valence-corrected chi connectivity index (χ0v) is 17.9. The molecule has 0 spiro atoms. The minimum absolute atomic E-state index is 0.231. The Morgan fingerprint density at radius 2 is 1.18 bits per heavy atom. The molecule has 22 heavy (non-hydrogen) atoms. The van der Waals surface area contributed by atoms with Crippen LogP contribution in [0.25, 0.3) is 0 Å². The summed E-state index contributed by atoms with van der Waals surface area (Å²) in [4.78, 5) is 0. The molecule has 2 rings (SSSR count). The van der Waals surface area contributed by atoms with Crippen molar-refractivity contribution in [3.05, 3.63) is 19.8 Å². The van der Waals surface area contributed by atoms with Crippen molar-refractivity contribution in [2.75, 3.05) is 0 Å². The van der Waals surface area contributed by atoms with Gasteiger partial charge in [-0.3, -0.25) is 0 Å². The van der Waals surface area contributed by atoms with Crippen molar-refractivity contribution in [2.24, 2.45) is 3.34 Å². The maximum absolute atomic E-state index is 4.19. The Morgan fingerprint density at radius 1 is 0.864 bits per heavy atom. The van der Waals surface area contributed by atoms with Gasteiger partial charge in [0, 0.05) is 0 Å². The third kappa shape index (κ3) is 22.8. The largest absolute Gasteiger partial charge is 0.344 e. The molecule has 0 aliphatic heterocycles. The van der Waals surface area contributed by atoms with Gasteiger partial charge in [-0.25, -0.2) is 0 Å². The maximum atomic E-state index is 4.19. The first kappa shape index (κ1) is 24.8. The van der Waals surface area contributed by atoms with Gasteiger partial charge >= 0.3 is 57.0 Å². The Bertz CT molecular complexity index is 171. The van der Waals surface area contributed by atoms with Crippen molar-refractivity contribution in [2.45, 2.75) is 110 Å². The SMILES string of the molecule is CCC(C)(C)[N]=[Nb].[CH-]1CCCCC1.[CH-]1CCCCC1.[CH2-]CC. The first-order valence-corrected chi connectivity index (χ1v) is 10.3. The molecule has 2 fully saturated rings. The van der Waals surface area contributed by atoms with Crippen LogP contribution in [0.5, 0.6) is 0 Å². The minimum atomic E-state index is 0.231. The number of hydrogen-bond acceptors (Lipinski definition) is 1. The standard InChI is InChI=1S/2C6H11.C5H11N.C3H7.Nb/c2*1-2-4-6-5-3-1;1-4-5(2,3)6;1-3-2;/h2*1H,2-6H2;4H2,1-3H3;1,3H2,2H3;/q2*-1;;-1;. The molecule has 1 nitrogen and oxygen atoms in total. The molecule has 2 aliphatic rings. The van der Waals surface area contributed by atoms with Gasteiger partial charge in [0.15, 0.2) is 0 Å². The zero-order chi connectivity index (χ0) is 17.1. The van der Waals surface area contributed by atoms with Gasteiger partial charge in [-0.05, 0) is 0 Å². The predicted octanol–water partition coefficient (Wildman–Crippen LogP) is 7.45. The van der Waals surface area contributed by atoms with E-state index in [1.165, 1.54) is 64.2 Å². The predicted molar refractivity (Wildman–Crippen MR) is 97.2 cm³/mol. The monoisotopic (exact) mass is 387 g/mol. The second kappa shape index (κ2) is 19.6. The van der Waals surface area contributed by atoms with Crippen LogP contribution < -0.4 is 0 Å². The molecular formula is C20H40NNb-3. The summed E-state index contributed by atoms with van der Waals surface area (Å²) in [5.41, 5.74) is 0.231. The van der Waals surface area contributed by atoms with E-state index in [4.69, 9.17) is 0 Å².